The Labute approximate surface area is 178 Å². The Hall–Kier alpha value is -3.24. The molecule has 1 heterocycles. The van der Waals surface area contributed by atoms with E-state index in [4.69, 9.17) is 10.5 Å². The van der Waals surface area contributed by atoms with Crippen molar-refractivity contribution in [3.63, 3.8) is 0 Å². The lowest BCUT2D eigenvalue weighted by molar-refractivity contribution is -0.176. The lowest BCUT2D eigenvalue weighted by Gasteiger charge is -2.22. The third-order valence-corrected chi connectivity index (χ3v) is 6.52. The molecule has 0 spiro atoms. The minimum absolute atomic E-state index is 0.00755. The van der Waals surface area contributed by atoms with Gasteiger partial charge in [0.1, 0.15) is 5.69 Å². The van der Waals surface area contributed by atoms with E-state index in [9.17, 15) is 31.5 Å². The van der Waals surface area contributed by atoms with Gasteiger partial charge in [-0.25, -0.2) is 4.39 Å². The number of hydrogen-bond acceptors (Lipinski definition) is 4. The summed E-state index contributed by atoms with van der Waals surface area (Å²) >= 11 is 0. The molecular weight excluding hydrogens is 437 g/mol. The number of nitrogens with zero attached hydrogens (tertiary/aromatic N) is 1. The van der Waals surface area contributed by atoms with Gasteiger partial charge in [-0.2, -0.15) is 17.6 Å². The highest BCUT2D eigenvalue weighted by Gasteiger charge is 2.79. The van der Waals surface area contributed by atoms with Gasteiger partial charge in [-0.3, -0.25) is 14.6 Å². The van der Waals surface area contributed by atoms with Gasteiger partial charge < -0.3 is 15.8 Å². The first-order valence-electron chi connectivity index (χ1n) is 9.62. The molecule has 3 atom stereocenters. The summed E-state index contributed by atoms with van der Waals surface area (Å²) in [6.45, 7) is 0. The number of anilines is 1. The van der Waals surface area contributed by atoms with Crippen LogP contribution in [0.5, 0.6) is 5.75 Å². The number of nitrogens with two attached hydrogens (primary N) is 1. The van der Waals surface area contributed by atoms with E-state index in [-0.39, 0.29) is 23.4 Å². The summed E-state index contributed by atoms with van der Waals surface area (Å²) in [7, 11) is 1.08. The van der Waals surface area contributed by atoms with E-state index in [0.29, 0.717) is 0 Å². The first-order chi connectivity index (χ1) is 14.9. The predicted molar refractivity (Wildman–Crippen MR) is 102 cm³/mol. The zero-order valence-corrected chi connectivity index (χ0v) is 16.7. The van der Waals surface area contributed by atoms with Gasteiger partial charge in [-0.15, -0.1) is 0 Å². The van der Waals surface area contributed by atoms with Crippen molar-refractivity contribution < 1.29 is 36.3 Å². The molecule has 0 aliphatic heterocycles. The van der Waals surface area contributed by atoms with E-state index < -0.39 is 65.0 Å². The van der Waals surface area contributed by atoms with Crippen molar-refractivity contribution >= 4 is 17.5 Å². The van der Waals surface area contributed by atoms with Crippen LogP contribution in [-0.2, 0) is 10.2 Å². The zero-order chi connectivity index (χ0) is 23.5. The molecule has 32 heavy (non-hydrogen) atoms. The van der Waals surface area contributed by atoms with Gasteiger partial charge in [0.25, 0.3) is 5.91 Å². The van der Waals surface area contributed by atoms with Crippen LogP contribution in [0, 0.1) is 23.0 Å². The number of carbonyl (C=O) groups excluding carboxylic acids is 2. The lowest BCUT2D eigenvalue weighted by Crippen LogP contribution is -2.29. The maximum absolute atomic E-state index is 14.4. The molecule has 0 bridgehead atoms. The summed E-state index contributed by atoms with van der Waals surface area (Å²) in [5.74, 6) is -6.42. The third kappa shape index (κ3) is 3.18. The van der Waals surface area contributed by atoms with Gasteiger partial charge in [0.2, 0.25) is 11.7 Å². The molecule has 1 aromatic carbocycles. The van der Waals surface area contributed by atoms with E-state index in [1.165, 1.54) is 24.4 Å². The van der Waals surface area contributed by atoms with Gasteiger partial charge in [0.15, 0.2) is 11.6 Å². The second-order valence-electron chi connectivity index (χ2n) is 8.18. The summed E-state index contributed by atoms with van der Waals surface area (Å²) < 4.78 is 73.9. The largest absolute Gasteiger partial charge is 0.493 e. The van der Waals surface area contributed by atoms with Gasteiger partial charge in [-0.05, 0) is 37.5 Å². The fourth-order valence-electron chi connectivity index (χ4n) is 5.01. The predicted octanol–water partition coefficient (Wildman–Crippen LogP) is 3.71. The molecule has 0 saturated heterocycles. The molecule has 2 aliphatic carbocycles. The number of primary amides is 1. The van der Waals surface area contributed by atoms with Gasteiger partial charge in [0, 0.05) is 22.9 Å². The first-order valence-corrected chi connectivity index (χ1v) is 9.62. The Morgan fingerprint density at radius 1 is 1.22 bits per heavy atom. The number of ether oxygens (including phenoxy) is 1. The Morgan fingerprint density at radius 3 is 2.56 bits per heavy atom. The summed E-state index contributed by atoms with van der Waals surface area (Å²) in [4.78, 5) is 28.3. The molecule has 0 radical (unpaired) electrons. The smallest absolute Gasteiger partial charge is 0.391 e. The normalized spacial score (nSPS) is 26.4. The van der Waals surface area contributed by atoms with Gasteiger partial charge >= 0.3 is 6.18 Å². The number of fused-ring (bicyclic) bond motifs is 1. The van der Waals surface area contributed by atoms with Crippen molar-refractivity contribution in [1.82, 2.24) is 4.98 Å². The van der Waals surface area contributed by atoms with Crippen LogP contribution in [0.15, 0.2) is 30.5 Å². The molecule has 2 unspecified atom stereocenters. The standard InChI is InChI=1S/C21H18F5N3O3/c1-32-16-12(2-3-13(22)15(16)23)19-7-10(21(24,25)26)8-20(19,9-19)18(31)29-11-4-5-28-14(6-11)17(27)30/h2-6,10H,7-9H2,1H3,(H2,27,30)(H,28,29,31)/t10-,19?,20?/m1/s1. The van der Waals surface area contributed by atoms with Gasteiger partial charge in [0.05, 0.1) is 18.4 Å². The number of hydrogen-bond donors (Lipinski definition) is 2. The number of aromatic nitrogens is 1. The molecule has 2 fully saturated rings. The second kappa shape index (κ2) is 7.14. The first kappa shape index (κ1) is 22.0. The van der Waals surface area contributed by atoms with Crippen molar-refractivity contribution in [2.24, 2.45) is 17.1 Å². The van der Waals surface area contributed by atoms with E-state index in [2.05, 4.69) is 10.3 Å². The minimum atomic E-state index is -4.57. The van der Waals surface area contributed by atoms with Gasteiger partial charge in [-0.1, -0.05) is 6.07 Å². The molecule has 6 nitrogen and oxygen atoms in total. The SMILES string of the molecule is COc1c(C23C[C@@H](C(F)(F)F)CC2(C(=O)Nc2ccnc(C(N)=O)c2)C3)ccc(F)c1F. The van der Waals surface area contributed by atoms with Crippen LogP contribution in [-0.4, -0.2) is 30.1 Å². The van der Waals surface area contributed by atoms with Crippen molar-refractivity contribution in [2.75, 3.05) is 12.4 Å². The van der Waals surface area contributed by atoms with Crippen LogP contribution in [0.2, 0.25) is 0 Å². The highest BCUT2D eigenvalue weighted by Crippen LogP contribution is 2.78. The number of nitrogens with one attached hydrogen (secondary N) is 1. The molecule has 2 saturated carbocycles. The lowest BCUT2D eigenvalue weighted by atomic mass is 9.86. The number of pyridine rings is 1. The van der Waals surface area contributed by atoms with E-state index in [1.807, 2.05) is 0 Å². The molecule has 170 valence electrons. The monoisotopic (exact) mass is 455 g/mol. The van der Waals surface area contributed by atoms with Crippen LogP contribution < -0.4 is 15.8 Å². The number of amides is 2. The van der Waals surface area contributed by atoms with Crippen molar-refractivity contribution in [3.8, 4) is 5.75 Å². The number of rotatable bonds is 5. The van der Waals surface area contributed by atoms with Crippen LogP contribution in [0.4, 0.5) is 27.6 Å². The average molecular weight is 455 g/mol. The molecule has 2 amide bonds. The number of halogens is 5. The molecule has 3 N–H and O–H groups in total. The van der Waals surface area contributed by atoms with Crippen LogP contribution in [0.1, 0.15) is 35.3 Å². The Balaban J connectivity index is 1.75. The van der Waals surface area contributed by atoms with Crippen molar-refractivity contribution in [1.29, 1.82) is 0 Å². The number of alkyl halides is 3. The van der Waals surface area contributed by atoms with E-state index in [0.717, 1.165) is 13.2 Å². The Morgan fingerprint density at radius 2 is 1.94 bits per heavy atom. The number of methoxy groups -OCH3 is 1. The highest BCUT2D eigenvalue weighted by atomic mass is 19.4. The highest BCUT2D eigenvalue weighted by molar-refractivity contribution is 6.01. The number of benzene rings is 1. The van der Waals surface area contributed by atoms with Crippen LogP contribution in [0.3, 0.4) is 0 Å². The molecular formula is C21H18F5N3O3. The summed E-state index contributed by atoms with van der Waals surface area (Å²) in [5.41, 5.74) is 2.29. The number of carbonyl (C=O) groups is 2. The summed E-state index contributed by atoms with van der Waals surface area (Å²) in [5, 5.41) is 2.53. The van der Waals surface area contributed by atoms with Crippen molar-refractivity contribution in [3.05, 3.63) is 53.4 Å². The quantitative estimate of drug-likeness (QED) is 0.673. The Kier molecular flexibility index (Phi) is 4.90. The molecule has 2 aliphatic rings. The molecule has 2 aromatic rings. The van der Waals surface area contributed by atoms with E-state index >= 15 is 0 Å². The Bertz CT molecular complexity index is 1120. The zero-order valence-electron chi connectivity index (χ0n) is 16.7. The molecule has 1 aromatic heterocycles. The fourth-order valence-corrected chi connectivity index (χ4v) is 5.01. The molecule has 11 heteroatoms. The average Bonchev–Trinajstić information content (AvgIpc) is 3.25. The molecule has 4 rings (SSSR count). The minimum Gasteiger partial charge on any atom is -0.493 e. The topological polar surface area (TPSA) is 94.3 Å². The van der Waals surface area contributed by atoms with Crippen LogP contribution in [0.25, 0.3) is 0 Å². The summed E-state index contributed by atoms with van der Waals surface area (Å²) in [6, 6.07) is 4.54. The fraction of sp³-hybridized carbons (Fsp3) is 0.381. The third-order valence-electron chi connectivity index (χ3n) is 6.52. The van der Waals surface area contributed by atoms with Crippen molar-refractivity contribution in [2.45, 2.75) is 30.9 Å². The maximum Gasteiger partial charge on any atom is 0.391 e. The summed E-state index contributed by atoms with van der Waals surface area (Å²) in [6.07, 6.45) is -4.32. The maximum atomic E-state index is 14.4. The van der Waals surface area contributed by atoms with Crippen LogP contribution >= 0.6 is 0 Å². The second-order valence-corrected chi connectivity index (χ2v) is 8.18. The van der Waals surface area contributed by atoms with E-state index in [1.54, 1.807) is 0 Å².